The zero-order valence-corrected chi connectivity index (χ0v) is 10.6. The van der Waals surface area contributed by atoms with Gasteiger partial charge in [-0.2, -0.15) is 13.2 Å². The number of nitrogens with zero attached hydrogens (tertiary/aromatic N) is 1. The number of fused-ring (bicyclic) bond motifs is 1. The summed E-state index contributed by atoms with van der Waals surface area (Å²) in [4.78, 5) is 3.79. The predicted octanol–water partition coefficient (Wildman–Crippen LogP) is 4.86. The number of hydrogen-bond acceptors (Lipinski definition) is 1. The van der Waals surface area contributed by atoms with Crippen molar-refractivity contribution in [2.24, 2.45) is 0 Å². The molecule has 0 aliphatic rings. The van der Waals surface area contributed by atoms with Crippen molar-refractivity contribution in [3.8, 4) is 11.1 Å². The third-order valence-electron chi connectivity index (χ3n) is 3.13. The van der Waals surface area contributed by atoms with Gasteiger partial charge in [-0.15, -0.1) is 0 Å². The molecule has 0 unspecified atom stereocenters. The average Bonchev–Trinajstić information content (AvgIpc) is 2.45. The minimum Gasteiger partial charge on any atom is -0.255 e. The molecule has 5 heteroatoms. The van der Waals surface area contributed by atoms with Gasteiger partial charge >= 0.3 is 6.18 Å². The molecular formula is C16H8F4N. The molecule has 0 saturated carbocycles. The van der Waals surface area contributed by atoms with Crippen LogP contribution in [0.25, 0.3) is 22.0 Å². The Morgan fingerprint density at radius 1 is 1.00 bits per heavy atom. The Balaban J connectivity index is 2.31. The Hall–Kier alpha value is -2.43. The predicted molar refractivity (Wildman–Crippen MR) is 71.0 cm³/mol. The maximum atomic E-state index is 13.3. The summed E-state index contributed by atoms with van der Waals surface area (Å²) in [6.45, 7) is 0. The van der Waals surface area contributed by atoms with Crippen molar-refractivity contribution < 1.29 is 17.6 Å². The fraction of sp³-hybridized carbons (Fsp3) is 0.0625. The van der Waals surface area contributed by atoms with Crippen LogP contribution >= 0.6 is 0 Å². The van der Waals surface area contributed by atoms with Gasteiger partial charge in [0.1, 0.15) is 5.82 Å². The second-order valence-electron chi connectivity index (χ2n) is 4.49. The number of hydrogen-bond donors (Lipinski definition) is 0. The molecule has 1 radical (unpaired) electrons. The van der Waals surface area contributed by atoms with Crippen LogP contribution in [0.5, 0.6) is 0 Å². The Morgan fingerprint density at radius 2 is 1.76 bits per heavy atom. The number of rotatable bonds is 1. The van der Waals surface area contributed by atoms with E-state index in [1.54, 1.807) is 6.07 Å². The summed E-state index contributed by atoms with van der Waals surface area (Å²) in [5, 5.41) is 0.290. The van der Waals surface area contributed by atoms with E-state index in [1.165, 1.54) is 36.5 Å². The maximum absolute atomic E-state index is 13.3. The molecule has 3 rings (SSSR count). The van der Waals surface area contributed by atoms with Crippen molar-refractivity contribution in [3.05, 3.63) is 66.1 Å². The molecule has 0 bridgehead atoms. The summed E-state index contributed by atoms with van der Waals surface area (Å²) in [6.07, 6.45) is -3.31. The molecule has 0 amide bonds. The molecule has 0 spiro atoms. The lowest BCUT2D eigenvalue weighted by atomic mass is 9.99. The number of aromatic nitrogens is 1. The van der Waals surface area contributed by atoms with Gasteiger partial charge in [-0.05, 0) is 23.8 Å². The van der Waals surface area contributed by atoms with E-state index in [-0.39, 0.29) is 10.9 Å². The Labute approximate surface area is 117 Å². The van der Waals surface area contributed by atoms with Gasteiger partial charge in [0.05, 0.1) is 11.1 Å². The number of para-hydroxylation sites is 1. The zero-order valence-electron chi connectivity index (χ0n) is 10.6. The molecule has 0 atom stereocenters. The second-order valence-corrected chi connectivity index (χ2v) is 4.49. The van der Waals surface area contributed by atoms with E-state index in [0.29, 0.717) is 11.1 Å². The summed E-state index contributed by atoms with van der Waals surface area (Å²) in [6, 6.07) is 12.2. The Kier molecular flexibility index (Phi) is 3.12. The molecule has 0 saturated heterocycles. The van der Waals surface area contributed by atoms with Crippen molar-refractivity contribution in [3.63, 3.8) is 0 Å². The first kappa shape index (κ1) is 13.5. The number of halogens is 4. The van der Waals surface area contributed by atoms with Gasteiger partial charge in [-0.25, -0.2) is 4.39 Å². The van der Waals surface area contributed by atoms with Crippen molar-refractivity contribution in [2.75, 3.05) is 0 Å². The maximum Gasteiger partial charge on any atom is 0.418 e. The van der Waals surface area contributed by atoms with Gasteiger partial charge in [0.25, 0.3) is 0 Å². The first-order valence-corrected chi connectivity index (χ1v) is 6.09. The highest BCUT2D eigenvalue weighted by molar-refractivity contribution is 5.95. The quantitative estimate of drug-likeness (QED) is 0.583. The molecule has 1 heterocycles. The molecule has 2 aromatic carbocycles. The highest BCUT2D eigenvalue weighted by atomic mass is 19.4. The van der Waals surface area contributed by atoms with E-state index >= 15 is 0 Å². The molecular weight excluding hydrogens is 282 g/mol. The SMILES string of the molecule is Fc1cccc(-c2[c]cnc3c(C(F)(F)F)cccc23)c1. The van der Waals surface area contributed by atoms with Crippen LogP contribution in [0.3, 0.4) is 0 Å². The van der Waals surface area contributed by atoms with E-state index in [0.717, 1.165) is 6.07 Å². The van der Waals surface area contributed by atoms with E-state index < -0.39 is 17.6 Å². The lowest BCUT2D eigenvalue weighted by molar-refractivity contribution is -0.136. The second kappa shape index (κ2) is 4.84. The minimum atomic E-state index is -4.49. The largest absolute Gasteiger partial charge is 0.418 e. The van der Waals surface area contributed by atoms with Gasteiger partial charge < -0.3 is 0 Å². The molecule has 0 aliphatic heterocycles. The molecule has 0 fully saturated rings. The third kappa shape index (κ3) is 2.46. The van der Waals surface area contributed by atoms with Gasteiger partial charge in [-0.3, -0.25) is 4.98 Å². The van der Waals surface area contributed by atoms with Crippen molar-refractivity contribution >= 4 is 10.9 Å². The summed E-state index contributed by atoms with van der Waals surface area (Å²) >= 11 is 0. The lowest BCUT2D eigenvalue weighted by Gasteiger charge is -2.12. The lowest BCUT2D eigenvalue weighted by Crippen LogP contribution is -2.06. The molecule has 1 aromatic heterocycles. The molecule has 105 valence electrons. The van der Waals surface area contributed by atoms with Crippen LogP contribution in [0.2, 0.25) is 0 Å². The highest BCUT2D eigenvalue weighted by Gasteiger charge is 2.33. The van der Waals surface area contributed by atoms with Crippen LogP contribution in [0.4, 0.5) is 17.6 Å². The smallest absolute Gasteiger partial charge is 0.255 e. The molecule has 0 N–H and O–H groups in total. The van der Waals surface area contributed by atoms with Gasteiger partial charge in [-0.1, -0.05) is 24.3 Å². The Morgan fingerprint density at radius 3 is 2.48 bits per heavy atom. The number of pyridine rings is 1. The van der Waals surface area contributed by atoms with Crippen LogP contribution in [0, 0.1) is 11.9 Å². The molecule has 3 aromatic rings. The number of alkyl halides is 3. The average molecular weight is 290 g/mol. The highest BCUT2D eigenvalue weighted by Crippen LogP contribution is 2.36. The monoisotopic (exact) mass is 290 g/mol. The van der Waals surface area contributed by atoms with E-state index in [9.17, 15) is 17.6 Å². The van der Waals surface area contributed by atoms with E-state index in [2.05, 4.69) is 11.1 Å². The standard InChI is InChI=1S/C16H8F4N/c17-11-4-1-3-10(9-11)12-7-8-21-15-13(12)5-2-6-14(15)16(18,19)20/h1-6,8-9H. The topological polar surface area (TPSA) is 12.9 Å². The van der Waals surface area contributed by atoms with Crippen molar-refractivity contribution in [2.45, 2.75) is 6.18 Å². The number of benzene rings is 2. The van der Waals surface area contributed by atoms with Crippen LogP contribution in [0.1, 0.15) is 5.56 Å². The summed E-state index contributed by atoms with van der Waals surface area (Å²) in [7, 11) is 0. The molecule has 21 heavy (non-hydrogen) atoms. The van der Waals surface area contributed by atoms with Gasteiger partial charge in [0.15, 0.2) is 0 Å². The summed E-state index contributed by atoms with van der Waals surface area (Å²) < 4.78 is 52.3. The van der Waals surface area contributed by atoms with E-state index in [4.69, 9.17) is 0 Å². The van der Waals surface area contributed by atoms with Crippen molar-refractivity contribution in [1.82, 2.24) is 4.98 Å². The van der Waals surface area contributed by atoms with Crippen molar-refractivity contribution in [1.29, 1.82) is 0 Å². The summed E-state index contributed by atoms with van der Waals surface area (Å²) in [5.74, 6) is -0.460. The van der Waals surface area contributed by atoms with Crippen LogP contribution in [-0.2, 0) is 6.18 Å². The van der Waals surface area contributed by atoms with Crippen LogP contribution < -0.4 is 0 Å². The third-order valence-corrected chi connectivity index (χ3v) is 3.13. The summed E-state index contributed by atoms with van der Waals surface area (Å²) in [5.41, 5.74) is -0.123. The molecule has 1 nitrogen and oxygen atoms in total. The Bertz CT molecular complexity index is 809. The molecule has 0 aliphatic carbocycles. The van der Waals surface area contributed by atoms with Crippen LogP contribution in [0.15, 0.2) is 48.7 Å². The first-order valence-electron chi connectivity index (χ1n) is 6.09. The van der Waals surface area contributed by atoms with Gasteiger partial charge in [0.2, 0.25) is 0 Å². The first-order chi connectivity index (χ1) is 9.97. The fourth-order valence-electron chi connectivity index (χ4n) is 2.24. The minimum absolute atomic E-state index is 0.164. The fourth-order valence-corrected chi connectivity index (χ4v) is 2.24. The zero-order chi connectivity index (χ0) is 15.0. The van der Waals surface area contributed by atoms with E-state index in [1.807, 2.05) is 0 Å². The van der Waals surface area contributed by atoms with Gasteiger partial charge in [0, 0.05) is 23.2 Å². The van der Waals surface area contributed by atoms with Crippen LogP contribution in [-0.4, -0.2) is 4.98 Å². The normalized spacial score (nSPS) is 11.8.